The van der Waals surface area contributed by atoms with E-state index in [4.69, 9.17) is 18.0 Å². The summed E-state index contributed by atoms with van der Waals surface area (Å²) < 4.78 is 0. The van der Waals surface area contributed by atoms with Crippen molar-refractivity contribution in [2.75, 3.05) is 0 Å². The maximum atomic E-state index is 11.8. The summed E-state index contributed by atoms with van der Waals surface area (Å²) >= 11 is 5.03. The second kappa shape index (κ2) is 8.80. The number of carbonyl (C=O) groups is 1. The summed E-state index contributed by atoms with van der Waals surface area (Å²) in [5, 5.41) is 9.73. The monoisotopic (exact) mass is 425 g/mol. The SMILES string of the molecule is Cc1ncc(C(N)=S)nc1-c1ccc(C2CCC(C(C(=O)O)C(C)(C)C)CC2)cc1. The highest BCUT2D eigenvalue weighted by Gasteiger charge is 2.39. The molecule has 6 heteroatoms. The van der Waals surface area contributed by atoms with Gasteiger partial charge in [0.25, 0.3) is 0 Å². The number of aromatic nitrogens is 2. The number of aliphatic carboxylic acids is 1. The zero-order valence-corrected chi connectivity index (χ0v) is 19.0. The Morgan fingerprint density at radius 2 is 1.77 bits per heavy atom. The smallest absolute Gasteiger partial charge is 0.307 e. The molecule has 30 heavy (non-hydrogen) atoms. The van der Waals surface area contributed by atoms with E-state index in [9.17, 15) is 9.90 Å². The minimum absolute atomic E-state index is 0.218. The van der Waals surface area contributed by atoms with E-state index >= 15 is 0 Å². The third-order valence-electron chi connectivity index (χ3n) is 6.31. The average molecular weight is 426 g/mol. The Bertz CT molecular complexity index is 926. The van der Waals surface area contributed by atoms with Crippen molar-refractivity contribution >= 4 is 23.2 Å². The van der Waals surface area contributed by atoms with Crippen LogP contribution in [-0.2, 0) is 4.79 Å². The first-order valence-electron chi connectivity index (χ1n) is 10.5. The standard InChI is InChI=1S/C24H31N3O2S/c1-14-21(27-19(13-26-14)22(25)30)18-11-7-16(8-12-18)15-5-9-17(10-6-15)20(23(28)29)24(2,3)4/h7-8,11-13,15,17,20H,5-6,9-10H2,1-4H3,(H2,25,30)(H,28,29). The van der Waals surface area contributed by atoms with Crippen LogP contribution in [0.1, 0.15) is 69.3 Å². The molecule has 1 aromatic carbocycles. The van der Waals surface area contributed by atoms with Gasteiger partial charge >= 0.3 is 5.97 Å². The number of carboxylic acid groups (broad SMARTS) is 1. The topological polar surface area (TPSA) is 89.1 Å². The lowest BCUT2D eigenvalue weighted by Gasteiger charge is -2.38. The molecule has 0 amide bonds. The van der Waals surface area contributed by atoms with Gasteiger partial charge in [0.15, 0.2) is 0 Å². The molecule has 1 saturated carbocycles. The highest BCUT2D eigenvalue weighted by molar-refractivity contribution is 7.80. The summed E-state index contributed by atoms with van der Waals surface area (Å²) in [6.07, 6.45) is 5.58. The molecule has 1 heterocycles. The van der Waals surface area contributed by atoms with Crippen molar-refractivity contribution in [3.05, 3.63) is 47.4 Å². The summed E-state index contributed by atoms with van der Waals surface area (Å²) in [4.78, 5) is 21.0. The molecule has 3 N–H and O–H groups in total. The van der Waals surface area contributed by atoms with Crippen LogP contribution in [0.4, 0.5) is 0 Å². The zero-order chi connectivity index (χ0) is 22.1. The first-order valence-corrected chi connectivity index (χ1v) is 11.0. The molecule has 1 unspecified atom stereocenters. The molecule has 1 atom stereocenters. The van der Waals surface area contributed by atoms with Crippen molar-refractivity contribution in [1.82, 2.24) is 9.97 Å². The van der Waals surface area contributed by atoms with Gasteiger partial charge in [-0.05, 0) is 55.4 Å². The van der Waals surface area contributed by atoms with Gasteiger partial charge in [0.05, 0.1) is 23.5 Å². The lowest BCUT2D eigenvalue weighted by molar-refractivity contribution is -0.149. The van der Waals surface area contributed by atoms with E-state index in [0.717, 1.165) is 42.6 Å². The summed E-state index contributed by atoms with van der Waals surface area (Å²) in [6, 6.07) is 8.48. The molecule has 0 radical (unpaired) electrons. The van der Waals surface area contributed by atoms with E-state index in [2.05, 4.69) is 34.2 Å². The fraction of sp³-hybridized carbons (Fsp3) is 0.500. The number of hydrogen-bond donors (Lipinski definition) is 2. The van der Waals surface area contributed by atoms with Crippen molar-refractivity contribution in [2.45, 2.75) is 59.3 Å². The van der Waals surface area contributed by atoms with E-state index < -0.39 is 5.97 Å². The molecular formula is C24H31N3O2S. The fourth-order valence-corrected chi connectivity index (χ4v) is 4.92. The number of carboxylic acids is 1. The number of thiocarbonyl (C=S) groups is 1. The number of nitrogens with zero attached hydrogens (tertiary/aromatic N) is 2. The molecule has 0 saturated heterocycles. The van der Waals surface area contributed by atoms with Crippen molar-refractivity contribution in [3.8, 4) is 11.3 Å². The van der Waals surface area contributed by atoms with Gasteiger partial charge in [-0.2, -0.15) is 0 Å². The molecule has 160 valence electrons. The largest absolute Gasteiger partial charge is 0.481 e. The minimum Gasteiger partial charge on any atom is -0.481 e. The summed E-state index contributed by atoms with van der Waals surface area (Å²) in [6.45, 7) is 8.03. The average Bonchev–Trinajstić information content (AvgIpc) is 2.67. The van der Waals surface area contributed by atoms with Crippen LogP contribution < -0.4 is 5.73 Å². The normalized spacial score (nSPS) is 20.5. The quantitative estimate of drug-likeness (QED) is 0.647. The van der Waals surface area contributed by atoms with Gasteiger partial charge < -0.3 is 10.8 Å². The molecule has 3 rings (SSSR count). The zero-order valence-electron chi connectivity index (χ0n) is 18.2. The van der Waals surface area contributed by atoms with Crippen LogP contribution in [0.3, 0.4) is 0 Å². The molecule has 0 bridgehead atoms. The minimum atomic E-state index is -0.661. The fourth-order valence-electron chi connectivity index (χ4n) is 4.82. The van der Waals surface area contributed by atoms with Crippen LogP contribution in [0.15, 0.2) is 30.5 Å². The van der Waals surface area contributed by atoms with Crippen LogP contribution >= 0.6 is 12.2 Å². The maximum Gasteiger partial charge on any atom is 0.307 e. The number of hydrogen-bond acceptors (Lipinski definition) is 4. The summed E-state index contributed by atoms with van der Waals surface area (Å²) in [5.41, 5.74) is 9.94. The third-order valence-corrected chi connectivity index (χ3v) is 6.51. The molecule has 2 aromatic rings. The van der Waals surface area contributed by atoms with Crippen LogP contribution in [-0.4, -0.2) is 26.0 Å². The second-order valence-electron chi connectivity index (χ2n) is 9.47. The Kier molecular flexibility index (Phi) is 6.56. The van der Waals surface area contributed by atoms with Crippen LogP contribution in [0.25, 0.3) is 11.3 Å². The molecule has 0 aliphatic heterocycles. The van der Waals surface area contributed by atoms with E-state index in [1.165, 1.54) is 5.56 Å². The summed E-state index contributed by atoms with van der Waals surface area (Å²) in [7, 11) is 0. The first kappa shape index (κ1) is 22.3. The van der Waals surface area contributed by atoms with Crippen molar-refractivity contribution in [1.29, 1.82) is 0 Å². The van der Waals surface area contributed by atoms with Gasteiger partial charge in [0, 0.05) is 5.56 Å². The van der Waals surface area contributed by atoms with Gasteiger partial charge in [-0.3, -0.25) is 9.78 Å². The van der Waals surface area contributed by atoms with E-state index in [1.807, 2.05) is 27.7 Å². The van der Waals surface area contributed by atoms with E-state index in [0.29, 0.717) is 11.6 Å². The Hall–Kier alpha value is -2.34. The van der Waals surface area contributed by atoms with Gasteiger partial charge in [0.1, 0.15) is 10.7 Å². The predicted octanol–water partition coefficient (Wildman–Crippen LogP) is 5.11. The maximum absolute atomic E-state index is 11.8. The molecule has 1 fully saturated rings. The van der Waals surface area contributed by atoms with Crippen molar-refractivity contribution < 1.29 is 9.90 Å². The number of benzene rings is 1. The molecule has 0 spiro atoms. The Labute approximate surface area is 184 Å². The van der Waals surface area contributed by atoms with E-state index in [-0.39, 0.29) is 22.2 Å². The van der Waals surface area contributed by atoms with Gasteiger partial charge in [-0.15, -0.1) is 0 Å². The summed E-state index contributed by atoms with van der Waals surface area (Å²) in [5.74, 6) is -0.229. The number of nitrogens with two attached hydrogens (primary N) is 1. The second-order valence-corrected chi connectivity index (χ2v) is 9.91. The van der Waals surface area contributed by atoms with Crippen LogP contribution in [0.2, 0.25) is 0 Å². The van der Waals surface area contributed by atoms with E-state index in [1.54, 1.807) is 6.20 Å². The Morgan fingerprint density at radius 3 is 2.27 bits per heavy atom. The molecule has 1 aliphatic carbocycles. The molecule has 1 aliphatic rings. The van der Waals surface area contributed by atoms with Crippen LogP contribution in [0, 0.1) is 24.2 Å². The molecular weight excluding hydrogens is 394 g/mol. The Morgan fingerprint density at radius 1 is 1.17 bits per heavy atom. The third kappa shape index (κ3) is 4.86. The predicted molar refractivity (Wildman–Crippen MR) is 123 cm³/mol. The van der Waals surface area contributed by atoms with Gasteiger partial charge in [-0.25, -0.2) is 4.98 Å². The molecule has 1 aromatic heterocycles. The Balaban J connectivity index is 1.72. The number of rotatable bonds is 5. The van der Waals surface area contributed by atoms with Gasteiger partial charge in [-0.1, -0.05) is 57.3 Å². The highest BCUT2D eigenvalue weighted by atomic mass is 32.1. The van der Waals surface area contributed by atoms with Crippen LogP contribution in [0.5, 0.6) is 0 Å². The van der Waals surface area contributed by atoms with Gasteiger partial charge in [0.2, 0.25) is 0 Å². The van der Waals surface area contributed by atoms with Crippen molar-refractivity contribution in [3.63, 3.8) is 0 Å². The number of aryl methyl sites for hydroxylation is 1. The highest BCUT2D eigenvalue weighted by Crippen LogP contribution is 2.44. The van der Waals surface area contributed by atoms with Crippen molar-refractivity contribution in [2.24, 2.45) is 23.0 Å². The molecule has 5 nitrogen and oxygen atoms in total. The lowest BCUT2D eigenvalue weighted by Crippen LogP contribution is -2.36. The first-order chi connectivity index (χ1) is 14.1. The lowest BCUT2D eigenvalue weighted by atomic mass is 9.66.